The van der Waals surface area contributed by atoms with E-state index < -0.39 is 43.8 Å². The van der Waals surface area contributed by atoms with Crippen LogP contribution in [0.3, 0.4) is 0 Å². The highest BCUT2D eigenvalue weighted by Crippen LogP contribution is 2.13. The van der Waals surface area contributed by atoms with Gasteiger partial charge in [-0.15, -0.1) is 0 Å². The van der Waals surface area contributed by atoms with E-state index in [4.69, 9.17) is 23.5 Å². The highest BCUT2D eigenvalue weighted by Gasteiger charge is 2.26. The Labute approximate surface area is 369 Å². The van der Waals surface area contributed by atoms with Crippen LogP contribution in [0.25, 0.3) is 0 Å². The summed E-state index contributed by atoms with van der Waals surface area (Å²) in [6, 6.07) is -1.74. The quantitative estimate of drug-likeness (QED) is 0.0260. The maximum atomic E-state index is 12.6. The van der Waals surface area contributed by atoms with Crippen molar-refractivity contribution in [3.05, 3.63) is 12.7 Å². The first-order valence-corrected chi connectivity index (χ1v) is 24.9. The predicted molar refractivity (Wildman–Crippen MR) is 234 cm³/mol. The number of carbonyl (C=O) groups excluding carboxylic acids is 5. The van der Waals surface area contributed by atoms with Gasteiger partial charge in [-0.2, -0.15) is 16.8 Å². The number of amides is 4. The summed E-state index contributed by atoms with van der Waals surface area (Å²) < 4.78 is 83.7. The number of carbonyl (C=O) groups is 5. The fourth-order valence-electron chi connectivity index (χ4n) is 5.95. The SMILES string of the molecule is C=CC(=O)C(CCCCNC(=O)COCCOCCNC(=O)COCCOCCNC(=O)C(CS(=O)(=O)O)NC(=O)CCCCCCCCCCCCCCCS(=O)(=O)O)NC. The first-order chi connectivity index (χ1) is 29.6. The smallest absolute Gasteiger partial charge is 0.267 e. The Balaban J connectivity index is 3.86. The van der Waals surface area contributed by atoms with Gasteiger partial charge < -0.3 is 45.5 Å². The summed E-state index contributed by atoms with van der Waals surface area (Å²) in [6.45, 7) is 4.78. The molecule has 2 atom stereocenters. The third kappa shape index (κ3) is 39.7. The van der Waals surface area contributed by atoms with Crippen LogP contribution in [-0.4, -0.2) is 158 Å². The van der Waals surface area contributed by atoms with Crippen LogP contribution in [0.5, 0.6) is 0 Å². The molecule has 4 amide bonds. The maximum Gasteiger partial charge on any atom is 0.267 e. The minimum Gasteiger partial charge on any atom is -0.377 e. The van der Waals surface area contributed by atoms with Crippen molar-refractivity contribution in [2.75, 3.05) is 91.0 Å². The summed E-state index contributed by atoms with van der Waals surface area (Å²) >= 11 is 0. The Morgan fingerprint density at radius 3 is 1.50 bits per heavy atom. The predicted octanol–water partition coefficient (Wildman–Crippen LogP) is 1.64. The normalized spacial score (nSPS) is 12.6. The van der Waals surface area contributed by atoms with Crippen molar-refractivity contribution in [3.63, 3.8) is 0 Å². The number of ether oxygens (including phenoxy) is 4. The van der Waals surface area contributed by atoms with Crippen LogP contribution in [0.2, 0.25) is 0 Å². The fourth-order valence-corrected chi connectivity index (χ4v) is 7.18. The Bertz CT molecular complexity index is 1470. The van der Waals surface area contributed by atoms with E-state index in [1.165, 1.54) is 6.08 Å². The highest BCUT2D eigenvalue weighted by atomic mass is 32.2. The van der Waals surface area contributed by atoms with E-state index in [2.05, 4.69) is 33.2 Å². The maximum absolute atomic E-state index is 12.6. The minimum absolute atomic E-state index is 0.00532. The third-order valence-corrected chi connectivity index (χ3v) is 10.9. The molecule has 0 aromatic rings. The van der Waals surface area contributed by atoms with Crippen LogP contribution in [-0.2, 0) is 63.2 Å². The first-order valence-electron chi connectivity index (χ1n) is 21.7. The van der Waals surface area contributed by atoms with Gasteiger partial charge in [0.15, 0.2) is 5.78 Å². The molecule has 0 radical (unpaired) electrons. The molecule has 7 N–H and O–H groups in total. The molecule has 0 aromatic carbocycles. The molecule has 0 aliphatic heterocycles. The number of unbranched alkanes of at least 4 members (excludes halogenated alkanes) is 13. The van der Waals surface area contributed by atoms with Gasteiger partial charge in [-0.3, -0.25) is 33.1 Å². The van der Waals surface area contributed by atoms with Crippen molar-refractivity contribution in [1.29, 1.82) is 0 Å². The van der Waals surface area contributed by atoms with Crippen LogP contribution in [0.1, 0.15) is 109 Å². The van der Waals surface area contributed by atoms with E-state index in [-0.39, 0.29) is 102 Å². The van der Waals surface area contributed by atoms with Gasteiger partial charge in [-0.1, -0.05) is 77.2 Å². The summed E-state index contributed by atoms with van der Waals surface area (Å²) in [6.07, 6.45) is 15.7. The zero-order valence-corrected chi connectivity index (χ0v) is 38.3. The molecule has 20 nitrogen and oxygen atoms in total. The molecule has 362 valence electrons. The van der Waals surface area contributed by atoms with E-state index in [0.29, 0.717) is 25.8 Å². The molecule has 0 heterocycles. The Morgan fingerprint density at radius 1 is 0.548 bits per heavy atom. The van der Waals surface area contributed by atoms with Gasteiger partial charge in [0, 0.05) is 26.1 Å². The van der Waals surface area contributed by atoms with Gasteiger partial charge in [0.25, 0.3) is 20.2 Å². The van der Waals surface area contributed by atoms with Gasteiger partial charge in [0.1, 0.15) is 25.0 Å². The number of hydrogen-bond acceptors (Lipinski definition) is 14. The number of ketones is 1. The standard InChI is InChI=1S/C40H75N5O15S2/c1-3-36(46)34(41-2)19-16-17-21-42-38(48)31-59-28-26-57-24-22-43-39(49)32-60-29-27-58-25-23-44-40(50)35(33-62(54,55)56)45-37(47)20-15-13-11-9-7-5-4-6-8-10-12-14-18-30-61(51,52)53/h3,34-35,41H,1,4-33H2,2H3,(H,42,48)(H,43,49)(H,44,50)(H,45,47)(H,51,52,53)(H,54,55,56). The molecule has 0 fully saturated rings. The number of rotatable bonds is 44. The van der Waals surface area contributed by atoms with Gasteiger partial charge in [0.2, 0.25) is 23.6 Å². The second kappa shape index (κ2) is 38.4. The Morgan fingerprint density at radius 2 is 1.02 bits per heavy atom. The van der Waals surface area contributed by atoms with Crippen LogP contribution in [0, 0.1) is 0 Å². The molecule has 0 saturated carbocycles. The van der Waals surface area contributed by atoms with E-state index in [1.807, 2.05) is 0 Å². The van der Waals surface area contributed by atoms with Crippen molar-refractivity contribution >= 4 is 49.6 Å². The lowest BCUT2D eigenvalue weighted by atomic mass is 10.0. The van der Waals surface area contributed by atoms with Gasteiger partial charge in [0.05, 0.1) is 51.4 Å². The van der Waals surface area contributed by atoms with Crippen molar-refractivity contribution in [1.82, 2.24) is 26.6 Å². The highest BCUT2D eigenvalue weighted by molar-refractivity contribution is 7.86. The Hall–Kier alpha value is -3.09. The van der Waals surface area contributed by atoms with Gasteiger partial charge in [-0.05, 0) is 45.2 Å². The first kappa shape index (κ1) is 58.9. The lowest BCUT2D eigenvalue weighted by molar-refractivity contribution is -0.128. The molecule has 0 aliphatic carbocycles. The lowest BCUT2D eigenvalue weighted by Gasteiger charge is -2.17. The molecule has 62 heavy (non-hydrogen) atoms. The van der Waals surface area contributed by atoms with E-state index >= 15 is 0 Å². The number of hydrogen-bond donors (Lipinski definition) is 7. The summed E-state index contributed by atoms with van der Waals surface area (Å²) in [5, 5.41) is 13.2. The van der Waals surface area contributed by atoms with E-state index in [0.717, 1.165) is 83.5 Å². The molecular weight excluding hydrogens is 855 g/mol. The summed E-state index contributed by atoms with van der Waals surface area (Å²) in [4.78, 5) is 60.5. The van der Waals surface area contributed by atoms with Crippen LogP contribution in [0.15, 0.2) is 12.7 Å². The van der Waals surface area contributed by atoms with Crippen LogP contribution in [0.4, 0.5) is 0 Å². The van der Waals surface area contributed by atoms with E-state index in [9.17, 15) is 45.4 Å². The summed E-state index contributed by atoms with van der Waals surface area (Å²) in [7, 11) is -6.71. The molecule has 0 saturated heterocycles. The largest absolute Gasteiger partial charge is 0.377 e. The fraction of sp³-hybridized carbons (Fsp3) is 0.825. The van der Waals surface area contributed by atoms with Crippen molar-refractivity contribution in [2.24, 2.45) is 0 Å². The molecule has 22 heteroatoms. The zero-order chi connectivity index (χ0) is 46.3. The molecule has 0 aromatic heterocycles. The van der Waals surface area contributed by atoms with Crippen LogP contribution < -0.4 is 26.6 Å². The third-order valence-electron chi connectivity index (χ3n) is 9.29. The second-order valence-corrected chi connectivity index (χ2v) is 17.8. The van der Waals surface area contributed by atoms with Crippen molar-refractivity contribution in [3.8, 4) is 0 Å². The van der Waals surface area contributed by atoms with Gasteiger partial charge >= 0.3 is 0 Å². The second-order valence-electron chi connectivity index (χ2n) is 14.8. The molecule has 0 spiro atoms. The monoisotopic (exact) mass is 929 g/mol. The van der Waals surface area contributed by atoms with E-state index in [1.54, 1.807) is 7.05 Å². The lowest BCUT2D eigenvalue weighted by Crippen LogP contribution is -2.50. The average molecular weight is 930 g/mol. The summed E-state index contributed by atoms with van der Waals surface area (Å²) in [5.41, 5.74) is 0. The average Bonchev–Trinajstić information content (AvgIpc) is 3.21. The van der Waals surface area contributed by atoms with Crippen molar-refractivity contribution in [2.45, 2.75) is 121 Å². The molecular formula is C40H75N5O15S2. The van der Waals surface area contributed by atoms with Crippen LogP contribution >= 0.6 is 0 Å². The molecule has 0 aliphatic rings. The topological polar surface area (TPSA) is 291 Å². The zero-order valence-electron chi connectivity index (χ0n) is 36.7. The minimum atomic E-state index is -4.56. The number of nitrogens with one attached hydrogen (secondary N) is 5. The van der Waals surface area contributed by atoms with Crippen molar-refractivity contribution < 1.29 is 68.9 Å². The Kier molecular flexibility index (Phi) is 36.5. The molecule has 0 bridgehead atoms. The number of likely N-dealkylation sites (N-methyl/N-ethyl adjacent to an activating group) is 1. The molecule has 0 rings (SSSR count). The summed E-state index contributed by atoms with van der Waals surface area (Å²) in [5.74, 6) is -3.10. The van der Waals surface area contributed by atoms with Gasteiger partial charge in [-0.25, -0.2) is 0 Å². The molecule has 2 unspecified atom stereocenters.